The average Bonchev–Trinajstić information content (AvgIpc) is 2.64. The van der Waals surface area contributed by atoms with Gasteiger partial charge in [-0.25, -0.2) is 4.79 Å². The summed E-state index contributed by atoms with van der Waals surface area (Å²) in [6, 6.07) is 1.10. The summed E-state index contributed by atoms with van der Waals surface area (Å²) in [7, 11) is 1.30. The molecule has 1 heterocycles. The fraction of sp³-hybridized carbons (Fsp3) is 0.375. The van der Waals surface area contributed by atoms with Crippen molar-refractivity contribution < 1.29 is 14.6 Å². The first kappa shape index (κ1) is 9.76. The number of nitrogens with two attached hydrogens (primary N) is 1. The van der Waals surface area contributed by atoms with Gasteiger partial charge in [-0.1, -0.05) is 0 Å². The number of H-pyrrole nitrogens is 1. The molecule has 0 aliphatic carbocycles. The van der Waals surface area contributed by atoms with Gasteiger partial charge in [-0.05, 0) is 11.6 Å². The molecular weight excluding hydrogens is 172 g/mol. The van der Waals surface area contributed by atoms with E-state index in [4.69, 9.17) is 10.8 Å². The zero-order valence-electron chi connectivity index (χ0n) is 7.28. The van der Waals surface area contributed by atoms with Crippen LogP contribution in [0, 0.1) is 0 Å². The van der Waals surface area contributed by atoms with E-state index in [2.05, 4.69) is 9.72 Å². The summed E-state index contributed by atoms with van der Waals surface area (Å²) in [5.74, 6) is -0.448. The molecule has 1 rings (SSSR count). The minimum absolute atomic E-state index is 0.154. The Morgan fingerprint density at radius 3 is 3.08 bits per heavy atom. The summed E-state index contributed by atoms with van der Waals surface area (Å²) in [6.45, 7) is -0.154. The van der Waals surface area contributed by atoms with Gasteiger partial charge in [0.2, 0.25) is 0 Å². The summed E-state index contributed by atoms with van der Waals surface area (Å²) < 4.78 is 4.49. The first-order chi connectivity index (χ1) is 6.19. The lowest BCUT2D eigenvalue weighted by atomic mass is 10.2. The smallest absolute Gasteiger partial charge is 0.354 e. The highest BCUT2D eigenvalue weighted by Crippen LogP contribution is 2.11. The van der Waals surface area contributed by atoms with Crippen LogP contribution in [0.1, 0.15) is 22.1 Å². The molecule has 0 amide bonds. The van der Waals surface area contributed by atoms with E-state index in [1.807, 2.05) is 0 Å². The van der Waals surface area contributed by atoms with Crippen molar-refractivity contribution in [3.8, 4) is 0 Å². The molecule has 0 spiro atoms. The van der Waals surface area contributed by atoms with Gasteiger partial charge in [0.25, 0.3) is 0 Å². The maximum absolute atomic E-state index is 11.0. The molecule has 13 heavy (non-hydrogen) atoms. The second-order valence-electron chi connectivity index (χ2n) is 2.63. The van der Waals surface area contributed by atoms with Crippen LogP contribution < -0.4 is 5.73 Å². The number of ether oxygens (including phenoxy) is 1. The second kappa shape index (κ2) is 4.06. The number of hydrogen-bond acceptors (Lipinski definition) is 4. The van der Waals surface area contributed by atoms with Gasteiger partial charge in [0, 0.05) is 6.20 Å². The lowest BCUT2D eigenvalue weighted by Gasteiger charge is -2.02. The van der Waals surface area contributed by atoms with E-state index in [0.717, 1.165) is 0 Å². The third-order valence-corrected chi connectivity index (χ3v) is 1.74. The van der Waals surface area contributed by atoms with Gasteiger partial charge >= 0.3 is 5.97 Å². The number of hydrogen-bond donors (Lipinski definition) is 3. The molecule has 0 bridgehead atoms. The highest BCUT2D eigenvalue weighted by atomic mass is 16.5. The number of carbonyl (C=O) groups is 1. The lowest BCUT2D eigenvalue weighted by Crippen LogP contribution is -2.13. The Morgan fingerprint density at radius 1 is 1.85 bits per heavy atom. The molecule has 1 aromatic heterocycles. The number of aromatic nitrogens is 1. The molecule has 0 aliphatic rings. The largest absolute Gasteiger partial charge is 0.464 e. The highest BCUT2D eigenvalue weighted by Gasteiger charge is 2.11. The third kappa shape index (κ3) is 2.07. The molecule has 1 atom stereocenters. The van der Waals surface area contributed by atoms with E-state index in [-0.39, 0.29) is 6.61 Å². The van der Waals surface area contributed by atoms with Crippen LogP contribution in [0.15, 0.2) is 12.3 Å². The zero-order valence-corrected chi connectivity index (χ0v) is 7.28. The Bertz CT molecular complexity index is 295. The molecule has 5 heteroatoms. The molecule has 4 N–H and O–H groups in total. The van der Waals surface area contributed by atoms with E-state index in [0.29, 0.717) is 11.3 Å². The minimum Gasteiger partial charge on any atom is -0.464 e. The van der Waals surface area contributed by atoms with Gasteiger partial charge in [-0.2, -0.15) is 0 Å². The van der Waals surface area contributed by atoms with E-state index in [1.165, 1.54) is 7.11 Å². The van der Waals surface area contributed by atoms with Crippen molar-refractivity contribution in [3.63, 3.8) is 0 Å². The van der Waals surface area contributed by atoms with Crippen LogP contribution in [-0.2, 0) is 4.74 Å². The number of aliphatic hydroxyl groups excluding tert-OH is 1. The molecule has 0 saturated carbocycles. The van der Waals surface area contributed by atoms with Crippen LogP contribution >= 0.6 is 0 Å². The molecule has 5 nitrogen and oxygen atoms in total. The van der Waals surface area contributed by atoms with Crippen LogP contribution in [-0.4, -0.2) is 29.8 Å². The number of nitrogens with one attached hydrogen (secondary N) is 1. The van der Waals surface area contributed by atoms with Crippen LogP contribution in [0.25, 0.3) is 0 Å². The fourth-order valence-corrected chi connectivity index (χ4v) is 0.958. The summed E-state index contributed by atoms with van der Waals surface area (Å²) in [5.41, 5.74) is 6.54. The van der Waals surface area contributed by atoms with E-state index in [1.54, 1.807) is 12.3 Å². The Hall–Kier alpha value is -1.33. The zero-order chi connectivity index (χ0) is 9.84. The van der Waals surface area contributed by atoms with Crippen molar-refractivity contribution in [2.75, 3.05) is 13.7 Å². The van der Waals surface area contributed by atoms with Crippen LogP contribution in [0.5, 0.6) is 0 Å². The van der Waals surface area contributed by atoms with E-state index in [9.17, 15) is 4.79 Å². The predicted molar refractivity (Wildman–Crippen MR) is 46.1 cm³/mol. The average molecular weight is 184 g/mol. The Kier molecular flexibility index (Phi) is 3.05. The molecular formula is C8H12N2O3. The number of rotatable bonds is 3. The number of esters is 1. The molecule has 0 aliphatic heterocycles. The van der Waals surface area contributed by atoms with Crippen LogP contribution in [0.2, 0.25) is 0 Å². The van der Waals surface area contributed by atoms with Gasteiger partial charge in [0.05, 0.1) is 19.8 Å². The standard InChI is InChI=1S/C8H12N2O3/c1-13-8(12)7-2-5(3-10-7)6(9)4-11/h2-3,6,10-11H,4,9H2,1H3/t6-/m0/s1. The van der Waals surface area contributed by atoms with Gasteiger partial charge in [0.15, 0.2) is 0 Å². The van der Waals surface area contributed by atoms with Crippen molar-refractivity contribution >= 4 is 5.97 Å². The molecule has 72 valence electrons. The molecule has 1 aromatic rings. The number of aliphatic hydroxyl groups is 1. The van der Waals surface area contributed by atoms with Crippen LogP contribution in [0.3, 0.4) is 0 Å². The second-order valence-corrected chi connectivity index (χ2v) is 2.63. The topological polar surface area (TPSA) is 88.3 Å². The molecule has 0 fully saturated rings. The van der Waals surface area contributed by atoms with Crippen molar-refractivity contribution in [3.05, 3.63) is 23.5 Å². The van der Waals surface area contributed by atoms with Gasteiger partial charge in [-0.15, -0.1) is 0 Å². The summed E-state index contributed by atoms with van der Waals surface area (Å²) in [5, 5.41) is 8.74. The predicted octanol–water partition coefficient (Wildman–Crippen LogP) is -0.207. The summed E-state index contributed by atoms with van der Waals surface area (Å²) in [6.07, 6.45) is 1.58. The van der Waals surface area contributed by atoms with Crippen LogP contribution in [0.4, 0.5) is 0 Å². The normalized spacial score (nSPS) is 12.5. The first-order valence-electron chi connectivity index (χ1n) is 3.82. The molecule has 0 unspecified atom stereocenters. The summed E-state index contributed by atoms with van der Waals surface area (Å²) in [4.78, 5) is 13.7. The van der Waals surface area contributed by atoms with E-state index < -0.39 is 12.0 Å². The first-order valence-corrected chi connectivity index (χ1v) is 3.82. The van der Waals surface area contributed by atoms with Crippen molar-refractivity contribution in [2.24, 2.45) is 5.73 Å². The highest BCUT2D eigenvalue weighted by molar-refractivity contribution is 5.87. The third-order valence-electron chi connectivity index (χ3n) is 1.74. The lowest BCUT2D eigenvalue weighted by molar-refractivity contribution is 0.0595. The number of aromatic amines is 1. The van der Waals surface area contributed by atoms with Gasteiger partial charge in [-0.3, -0.25) is 0 Å². The fourth-order valence-electron chi connectivity index (χ4n) is 0.958. The number of carbonyl (C=O) groups excluding carboxylic acids is 1. The maximum Gasteiger partial charge on any atom is 0.354 e. The quantitative estimate of drug-likeness (QED) is 0.567. The van der Waals surface area contributed by atoms with Crippen molar-refractivity contribution in [1.82, 2.24) is 4.98 Å². The molecule has 0 aromatic carbocycles. The number of methoxy groups -OCH3 is 1. The van der Waals surface area contributed by atoms with E-state index >= 15 is 0 Å². The molecule has 0 saturated heterocycles. The van der Waals surface area contributed by atoms with Gasteiger partial charge in [0.1, 0.15) is 5.69 Å². The monoisotopic (exact) mass is 184 g/mol. The Labute approximate surface area is 75.5 Å². The Morgan fingerprint density at radius 2 is 2.54 bits per heavy atom. The molecule has 0 radical (unpaired) electrons. The maximum atomic E-state index is 11.0. The van der Waals surface area contributed by atoms with Gasteiger partial charge < -0.3 is 20.6 Å². The van der Waals surface area contributed by atoms with Crippen molar-refractivity contribution in [2.45, 2.75) is 6.04 Å². The Balaban J connectivity index is 2.80. The minimum atomic E-state index is -0.463. The summed E-state index contributed by atoms with van der Waals surface area (Å²) >= 11 is 0. The SMILES string of the molecule is COC(=O)c1cc([C@@H](N)CO)c[nH]1. The van der Waals surface area contributed by atoms with Crippen molar-refractivity contribution in [1.29, 1.82) is 0 Å².